The van der Waals surface area contributed by atoms with E-state index >= 15 is 0 Å². The van der Waals surface area contributed by atoms with Gasteiger partial charge >= 0.3 is 0 Å². The average Bonchev–Trinajstić information content (AvgIpc) is 3.11. The number of anilines is 1. The maximum atomic E-state index is 12.4. The fourth-order valence-corrected chi connectivity index (χ4v) is 2.56. The summed E-state index contributed by atoms with van der Waals surface area (Å²) in [6.07, 6.45) is 0.625. The minimum Gasteiger partial charge on any atom is -0.455 e. The maximum Gasteiger partial charge on any atom is 0.227 e. The fraction of sp³-hybridized carbons (Fsp3) is 0.318. The van der Waals surface area contributed by atoms with Crippen LogP contribution in [0.4, 0.5) is 5.69 Å². The molecular weight excluding hydrogens is 354 g/mol. The normalized spacial score (nSPS) is 11.3. The van der Waals surface area contributed by atoms with E-state index in [1.165, 1.54) is 0 Å². The summed E-state index contributed by atoms with van der Waals surface area (Å²) in [5.74, 6) is 2.27. The molecule has 3 rings (SSSR count). The van der Waals surface area contributed by atoms with E-state index in [9.17, 15) is 4.79 Å². The number of carbonyl (C=O) groups is 1. The molecule has 6 heteroatoms. The Morgan fingerprint density at radius 2 is 1.93 bits per heavy atom. The molecule has 3 aromatic rings. The number of benzene rings is 2. The van der Waals surface area contributed by atoms with Crippen LogP contribution >= 0.6 is 0 Å². The minimum atomic E-state index is -0.184. The van der Waals surface area contributed by atoms with Gasteiger partial charge in [0.2, 0.25) is 11.8 Å². The molecular formula is C22H25N3O3. The number of nitrogens with zero attached hydrogens (tertiary/aromatic N) is 2. The molecule has 0 saturated heterocycles. The van der Waals surface area contributed by atoms with Crippen LogP contribution in [0, 0.1) is 6.92 Å². The molecule has 0 spiro atoms. The zero-order valence-electron chi connectivity index (χ0n) is 16.7. The number of aromatic nitrogens is 2. The van der Waals surface area contributed by atoms with Crippen molar-refractivity contribution in [3.63, 3.8) is 0 Å². The van der Waals surface area contributed by atoms with E-state index in [-0.39, 0.29) is 17.7 Å². The Balaban J connectivity index is 1.62. The number of rotatable bonds is 6. The summed E-state index contributed by atoms with van der Waals surface area (Å²) < 4.78 is 11.2. The van der Waals surface area contributed by atoms with Crippen molar-refractivity contribution in [3.8, 4) is 11.5 Å². The highest BCUT2D eigenvalue weighted by atomic mass is 16.5. The molecule has 1 heterocycles. The molecule has 146 valence electrons. The van der Waals surface area contributed by atoms with Crippen LogP contribution in [0.3, 0.4) is 0 Å². The Kier molecular flexibility index (Phi) is 5.78. The first-order valence-corrected chi connectivity index (χ1v) is 9.28. The summed E-state index contributed by atoms with van der Waals surface area (Å²) in [6.45, 7) is 8.04. The fourth-order valence-electron chi connectivity index (χ4n) is 2.56. The van der Waals surface area contributed by atoms with Gasteiger partial charge in [-0.2, -0.15) is 4.98 Å². The summed E-state index contributed by atoms with van der Waals surface area (Å²) in [5.41, 5.74) is 1.54. The Bertz CT molecular complexity index is 957. The summed E-state index contributed by atoms with van der Waals surface area (Å²) in [5, 5.41) is 6.88. The molecule has 2 aromatic carbocycles. The van der Waals surface area contributed by atoms with E-state index < -0.39 is 0 Å². The van der Waals surface area contributed by atoms with Crippen LogP contribution in [-0.2, 0) is 16.6 Å². The van der Waals surface area contributed by atoms with Crippen molar-refractivity contribution in [3.05, 3.63) is 65.8 Å². The Morgan fingerprint density at radius 3 is 2.64 bits per heavy atom. The second-order valence-corrected chi connectivity index (χ2v) is 7.72. The van der Waals surface area contributed by atoms with Gasteiger partial charge in [0.15, 0.2) is 11.6 Å². The number of amides is 1. The highest BCUT2D eigenvalue weighted by Gasteiger charge is 2.21. The summed E-state index contributed by atoms with van der Waals surface area (Å²) >= 11 is 0. The van der Waals surface area contributed by atoms with Gasteiger partial charge in [0.25, 0.3) is 0 Å². The van der Waals surface area contributed by atoms with Gasteiger partial charge < -0.3 is 14.6 Å². The van der Waals surface area contributed by atoms with Gasteiger partial charge in [-0.1, -0.05) is 50.2 Å². The lowest BCUT2D eigenvalue weighted by atomic mass is 9.96. The minimum absolute atomic E-state index is 0.143. The number of nitrogens with one attached hydrogen (secondary N) is 1. The second-order valence-electron chi connectivity index (χ2n) is 7.72. The first-order chi connectivity index (χ1) is 13.3. The van der Waals surface area contributed by atoms with E-state index in [0.29, 0.717) is 29.6 Å². The summed E-state index contributed by atoms with van der Waals surface area (Å²) in [7, 11) is 0. The van der Waals surface area contributed by atoms with Gasteiger partial charge in [-0.3, -0.25) is 4.79 Å². The molecule has 0 unspecified atom stereocenters. The SMILES string of the molecule is Cc1cccc(Oc2ccccc2NC(=O)CCc2nc(C(C)(C)C)no2)c1. The largest absolute Gasteiger partial charge is 0.455 e. The topological polar surface area (TPSA) is 77.2 Å². The van der Waals surface area contributed by atoms with E-state index in [1.54, 1.807) is 0 Å². The van der Waals surface area contributed by atoms with Crippen LogP contribution < -0.4 is 10.1 Å². The van der Waals surface area contributed by atoms with Crippen LogP contribution in [0.5, 0.6) is 11.5 Å². The third kappa shape index (κ3) is 5.19. The van der Waals surface area contributed by atoms with Gasteiger partial charge in [0.1, 0.15) is 5.75 Å². The van der Waals surface area contributed by atoms with E-state index in [2.05, 4.69) is 15.5 Å². The van der Waals surface area contributed by atoms with Crippen molar-refractivity contribution in [1.82, 2.24) is 10.1 Å². The third-order valence-corrected chi connectivity index (χ3v) is 4.08. The smallest absolute Gasteiger partial charge is 0.227 e. The molecule has 0 saturated carbocycles. The van der Waals surface area contributed by atoms with Crippen LogP contribution in [-0.4, -0.2) is 16.0 Å². The molecule has 0 radical (unpaired) electrons. The van der Waals surface area contributed by atoms with Crippen molar-refractivity contribution < 1.29 is 14.1 Å². The Morgan fingerprint density at radius 1 is 1.14 bits per heavy atom. The molecule has 6 nitrogen and oxygen atoms in total. The third-order valence-electron chi connectivity index (χ3n) is 4.08. The van der Waals surface area contributed by atoms with Gasteiger partial charge in [-0.25, -0.2) is 0 Å². The Hall–Kier alpha value is -3.15. The monoisotopic (exact) mass is 379 g/mol. The van der Waals surface area contributed by atoms with Crippen molar-refractivity contribution in [2.24, 2.45) is 0 Å². The lowest BCUT2D eigenvalue weighted by Crippen LogP contribution is -2.14. The number of hydrogen-bond donors (Lipinski definition) is 1. The lowest BCUT2D eigenvalue weighted by Gasteiger charge is -2.12. The number of ether oxygens (including phenoxy) is 1. The maximum absolute atomic E-state index is 12.4. The molecule has 0 aliphatic rings. The van der Waals surface area contributed by atoms with Crippen molar-refractivity contribution >= 4 is 11.6 Å². The zero-order valence-corrected chi connectivity index (χ0v) is 16.7. The van der Waals surface area contributed by atoms with Gasteiger partial charge in [-0.05, 0) is 36.8 Å². The molecule has 0 bridgehead atoms. The van der Waals surface area contributed by atoms with E-state index in [1.807, 2.05) is 76.2 Å². The number of para-hydroxylation sites is 2. The first-order valence-electron chi connectivity index (χ1n) is 9.28. The molecule has 0 atom stereocenters. The average molecular weight is 379 g/mol. The summed E-state index contributed by atoms with van der Waals surface area (Å²) in [6, 6.07) is 15.1. The molecule has 0 fully saturated rings. The molecule has 0 aliphatic heterocycles. The Labute approximate surface area is 164 Å². The molecule has 28 heavy (non-hydrogen) atoms. The first kappa shape index (κ1) is 19.6. The highest BCUT2D eigenvalue weighted by molar-refractivity contribution is 5.92. The van der Waals surface area contributed by atoms with Crippen molar-refractivity contribution in [1.29, 1.82) is 0 Å². The lowest BCUT2D eigenvalue weighted by molar-refractivity contribution is -0.116. The second kappa shape index (κ2) is 8.25. The molecule has 1 aromatic heterocycles. The standard InChI is InChI=1S/C22H25N3O3/c1-15-8-7-9-16(14-15)27-18-11-6-5-10-17(18)23-19(26)12-13-20-24-21(25-28-20)22(2,3)4/h5-11,14H,12-13H2,1-4H3,(H,23,26). The van der Waals surface area contributed by atoms with Gasteiger partial charge in [-0.15, -0.1) is 0 Å². The zero-order chi connectivity index (χ0) is 20.1. The molecule has 1 N–H and O–H groups in total. The quantitative estimate of drug-likeness (QED) is 0.649. The summed E-state index contributed by atoms with van der Waals surface area (Å²) in [4.78, 5) is 16.8. The van der Waals surface area contributed by atoms with Crippen LogP contribution in [0.25, 0.3) is 0 Å². The predicted molar refractivity (Wildman–Crippen MR) is 108 cm³/mol. The van der Waals surface area contributed by atoms with Crippen molar-refractivity contribution in [2.45, 2.75) is 46.0 Å². The molecule has 1 amide bonds. The van der Waals surface area contributed by atoms with Crippen LogP contribution in [0.2, 0.25) is 0 Å². The van der Waals surface area contributed by atoms with Crippen LogP contribution in [0.15, 0.2) is 53.1 Å². The van der Waals surface area contributed by atoms with Crippen molar-refractivity contribution in [2.75, 3.05) is 5.32 Å². The van der Waals surface area contributed by atoms with E-state index in [0.717, 1.165) is 11.3 Å². The molecule has 0 aliphatic carbocycles. The highest BCUT2D eigenvalue weighted by Crippen LogP contribution is 2.29. The number of hydrogen-bond acceptors (Lipinski definition) is 5. The number of carbonyl (C=O) groups excluding carboxylic acids is 1. The van der Waals surface area contributed by atoms with Crippen LogP contribution in [0.1, 0.15) is 44.5 Å². The van der Waals surface area contributed by atoms with E-state index in [4.69, 9.17) is 9.26 Å². The van der Waals surface area contributed by atoms with Gasteiger partial charge in [0.05, 0.1) is 5.69 Å². The van der Waals surface area contributed by atoms with Gasteiger partial charge in [0, 0.05) is 18.3 Å². The number of aryl methyl sites for hydroxylation is 2. The predicted octanol–water partition coefficient (Wildman–Crippen LogP) is 5.04.